The molecule has 0 amide bonds. The maximum absolute atomic E-state index is 12.1. The first-order valence-corrected chi connectivity index (χ1v) is 7.37. The number of benzene rings is 1. The van der Waals surface area contributed by atoms with E-state index in [1.165, 1.54) is 11.4 Å². The van der Waals surface area contributed by atoms with E-state index in [0.717, 1.165) is 16.9 Å². The SMILES string of the molecule is Cc1cccc(C(=O)c2csc(S(=O)(=O)O)c2)c1.[H-].[K+]. The predicted octanol–water partition coefficient (Wildman–Crippen LogP) is -0.349. The van der Waals surface area contributed by atoms with Gasteiger partial charge < -0.3 is 1.43 Å². The number of rotatable bonds is 3. The van der Waals surface area contributed by atoms with Gasteiger partial charge in [-0.15, -0.1) is 11.3 Å². The summed E-state index contributed by atoms with van der Waals surface area (Å²) in [6.07, 6.45) is 0. The molecule has 0 spiro atoms. The fourth-order valence-electron chi connectivity index (χ4n) is 1.52. The number of aryl methyl sites for hydroxylation is 1. The van der Waals surface area contributed by atoms with Gasteiger partial charge in [0.2, 0.25) is 0 Å². The molecule has 0 saturated heterocycles. The minimum absolute atomic E-state index is 0. The Bertz CT molecular complexity index is 710. The molecule has 0 saturated carbocycles. The van der Waals surface area contributed by atoms with Gasteiger partial charge in [-0.2, -0.15) is 8.42 Å². The van der Waals surface area contributed by atoms with Crippen LogP contribution < -0.4 is 51.4 Å². The summed E-state index contributed by atoms with van der Waals surface area (Å²) >= 11 is 0.825. The summed E-state index contributed by atoms with van der Waals surface area (Å²) in [4.78, 5) is 12.1. The molecule has 0 fully saturated rings. The standard InChI is InChI=1S/C12H10O4S2.K.H/c1-8-3-2-4-9(5-8)12(13)10-6-11(17-7-10)18(14,15)16;;/h2-7H,1H3,(H,14,15,16);;/q;+1;-1. The Morgan fingerprint density at radius 3 is 2.47 bits per heavy atom. The van der Waals surface area contributed by atoms with Crippen LogP contribution in [0.5, 0.6) is 0 Å². The fraction of sp³-hybridized carbons (Fsp3) is 0.0833. The average molecular weight is 322 g/mol. The van der Waals surface area contributed by atoms with Gasteiger partial charge in [-0.1, -0.05) is 23.8 Å². The third-order valence-electron chi connectivity index (χ3n) is 2.37. The van der Waals surface area contributed by atoms with Crippen molar-refractivity contribution in [3.8, 4) is 0 Å². The summed E-state index contributed by atoms with van der Waals surface area (Å²) in [6, 6.07) is 8.21. The van der Waals surface area contributed by atoms with Crippen molar-refractivity contribution in [1.82, 2.24) is 0 Å². The Balaban J connectivity index is 0.00000180. The first-order valence-electron chi connectivity index (χ1n) is 5.05. The zero-order valence-corrected chi connectivity index (χ0v) is 15.2. The van der Waals surface area contributed by atoms with Crippen LogP contribution in [0.3, 0.4) is 0 Å². The zero-order valence-electron chi connectivity index (χ0n) is 11.5. The Kier molecular flexibility index (Phi) is 6.09. The first-order chi connectivity index (χ1) is 8.38. The van der Waals surface area contributed by atoms with E-state index >= 15 is 0 Å². The van der Waals surface area contributed by atoms with Crippen molar-refractivity contribution in [2.45, 2.75) is 11.1 Å². The van der Waals surface area contributed by atoms with E-state index in [1.54, 1.807) is 18.2 Å². The van der Waals surface area contributed by atoms with Crippen molar-refractivity contribution in [3.63, 3.8) is 0 Å². The van der Waals surface area contributed by atoms with Crippen LogP contribution in [0.1, 0.15) is 22.9 Å². The van der Waals surface area contributed by atoms with Gasteiger partial charge in [0, 0.05) is 16.5 Å². The molecule has 1 aromatic carbocycles. The van der Waals surface area contributed by atoms with Gasteiger partial charge >= 0.3 is 61.5 Å². The van der Waals surface area contributed by atoms with Crippen molar-refractivity contribution in [3.05, 3.63) is 52.4 Å². The van der Waals surface area contributed by atoms with Crippen LogP contribution in [0.4, 0.5) is 0 Å². The molecular weight excluding hydrogens is 311 g/mol. The van der Waals surface area contributed by atoms with Crippen LogP contribution in [0, 0.1) is 6.92 Å². The molecule has 0 aliphatic heterocycles. The molecule has 96 valence electrons. The molecule has 4 nitrogen and oxygen atoms in total. The predicted molar refractivity (Wildman–Crippen MR) is 69.9 cm³/mol. The van der Waals surface area contributed by atoms with Gasteiger partial charge in [0.1, 0.15) is 4.21 Å². The molecule has 1 aromatic heterocycles. The van der Waals surface area contributed by atoms with E-state index in [4.69, 9.17) is 4.55 Å². The summed E-state index contributed by atoms with van der Waals surface area (Å²) in [5.41, 5.74) is 1.71. The number of hydrogen-bond acceptors (Lipinski definition) is 4. The van der Waals surface area contributed by atoms with Crippen molar-refractivity contribution in [2.24, 2.45) is 0 Å². The second kappa shape index (κ2) is 6.73. The minimum Gasteiger partial charge on any atom is -1.00 e. The van der Waals surface area contributed by atoms with Crippen molar-refractivity contribution in [1.29, 1.82) is 0 Å². The van der Waals surface area contributed by atoms with Gasteiger partial charge in [-0.25, -0.2) is 0 Å². The summed E-state index contributed by atoms with van der Waals surface area (Å²) in [5.74, 6) is -0.259. The Labute approximate surface area is 159 Å². The van der Waals surface area contributed by atoms with Crippen molar-refractivity contribution >= 4 is 27.2 Å². The third-order valence-corrected chi connectivity index (χ3v) is 4.64. The molecule has 0 atom stereocenters. The second-order valence-electron chi connectivity index (χ2n) is 3.83. The Morgan fingerprint density at radius 1 is 1.26 bits per heavy atom. The van der Waals surface area contributed by atoms with Gasteiger partial charge in [-0.3, -0.25) is 9.35 Å². The number of ketones is 1. The maximum Gasteiger partial charge on any atom is 1.00 e. The Morgan fingerprint density at radius 2 is 1.95 bits per heavy atom. The van der Waals surface area contributed by atoms with Gasteiger partial charge in [-0.05, 0) is 19.1 Å². The molecule has 1 N–H and O–H groups in total. The summed E-state index contributed by atoms with van der Waals surface area (Å²) in [6.45, 7) is 1.87. The Hall–Kier alpha value is 0.136. The largest absolute Gasteiger partial charge is 1.00 e. The number of thiophene rings is 1. The first kappa shape index (κ1) is 17.2. The third kappa shape index (κ3) is 4.30. The van der Waals surface area contributed by atoms with E-state index in [9.17, 15) is 13.2 Å². The molecule has 0 aliphatic carbocycles. The molecule has 0 bridgehead atoms. The van der Waals surface area contributed by atoms with E-state index in [-0.39, 0.29) is 68.4 Å². The van der Waals surface area contributed by atoms with Crippen LogP contribution >= 0.6 is 11.3 Å². The minimum atomic E-state index is -4.24. The van der Waals surface area contributed by atoms with Crippen LogP contribution in [0.25, 0.3) is 0 Å². The number of carbonyl (C=O) groups excluding carboxylic acids is 1. The maximum atomic E-state index is 12.1. The molecule has 7 heteroatoms. The topological polar surface area (TPSA) is 71.4 Å². The van der Waals surface area contributed by atoms with Gasteiger partial charge in [0.15, 0.2) is 5.78 Å². The summed E-state index contributed by atoms with van der Waals surface area (Å²) in [7, 11) is -4.24. The van der Waals surface area contributed by atoms with Crippen LogP contribution in [-0.2, 0) is 10.1 Å². The molecular formula is C12H11KO4S2. The average Bonchev–Trinajstić information content (AvgIpc) is 2.77. The summed E-state index contributed by atoms with van der Waals surface area (Å²) < 4.78 is 30.5. The zero-order chi connectivity index (χ0) is 13.3. The van der Waals surface area contributed by atoms with E-state index < -0.39 is 10.1 Å². The van der Waals surface area contributed by atoms with Crippen LogP contribution in [-0.4, -0.2) is 18.8 Å². The molecule has 0 aliphatic rings. The van der Waals surface area contributed by atoms with Crippen molar-refractivity contribution in [2.75, 3.05) is 0 Å². The monoisotopic (exact) mass is 322 g/mol. The van der Waals surface area contributed by atoms with Gasteiger partial charge in [0.05, 0.1) is 0 Å². The molecule has 2 aromatic rings. The smallest absolute Gasteiger partial charge is 1.00 e. The summed E-state index contributed by atoms with van der Waals surface area (Å²) in [5, 5.41) is 1.42. The normalized spacial score (nSPS) is 10.8. The van der Waals surface area contributed by atoms with Crippen LogP contribution in [0.15, 0.2) is 39.9 Å². The van der Waals surface area contributed by atoms with E-state index in [2.05, 4.69) is 0 Å². The van der Waals surface area contributed by atoms with E-state index in [0.29, 0.717) is 5.56 Å². The second-order valence-corrected chi connectivity index (χ2v) is 6.39. The van der Waals surface area contributed by atoms with Crippen LogP contribution in [0.2, 0.25) is 0 Å². The molecule has 0 radical (unpaired) electrons. The molecule has 1 heterocycles. The fourth-order valence-corrected chi connectivity index (χ4v) is 3.04. The number of carbonyl (C=O) groups is 1. The van der Waals surface area contributed by atoms with E-state index in [1.807, 2.05) is 13.0 Å². The van der Waals surface area contributed by atoms with Crippen molar-refractivity contribution < 1.29 is 70.6 Å². The van der Waals surface area contributed by atoms with Gasteiger partial charge in [0.25, 0.3) is 0 Å². The number of hydrogen-bond donors (Lipinski definition) is 1. The molecule has 0 unspecified atom stereocenters. The molecule has 19 heavy (non-hydrogen) atoms. The quantitative estimate of drug-likeness (QED) is 0.476. The molecule has 2 rings (SSSR count).